The zero-order valence-corrected chi connectivity index (χ0v) is 7.91. The fourth-order valence-electron chi connectivity index (χ4n) is 1.06. The van der Waals surface area contributed by atoms with Gasteiger partial charge in [-0.3, -0.25) is 4.98 Å². The third-order valence-electron chi connectivity index (χ3n) is 1.98. The first-order valence-corrected chi connectivity index (χ1v) is 4.17. The molecule has 2 heteroatoms. The molecule has 0 aliphatic heterocycles. The van der Waals surface area contributed by atoms with E-state index in [9.17, 15) is 0 Å². The van der Waals surface area contributed by atoms with E-state index in [0.717, 1.165) is 5.56 Å². The molecule has 0 saturated carbocycles. The molecule has 0 spiro atoms. The fraction of sp³-hybridized carbons (Fsp3) is 0.500. The standard InChI is InChI=1S/C10H16N2/c1-10(2,3)9(11)8-5-4-6-12-7-8/h4-7,9H,11H2,1-3H3. The molecule has 12 heavy (non-hydrogen) atoms. The molecule has 2 nitrogen and oxygen atoms in total. The lowest BCUT2D eigenvalue weighted by atomic mass is 9.84. The monoisotopic (exact) mass is 164 g/mol. The van der Waals surface area contributed by atoms with E-state index in [1.807, 2.05) is 18.3 Å². The number of rotatable bonds is 1. The van der Waals surface area contributed by atoms with Crippen LogP contribution in [-0.4, -0.2) is 4.98 Å². The summed E-state index contributed by atoms with van der Waals surface area (Å²) in [7, 11) is 0. The van der Waals surface area contributed by atoms with Gasteiger partial charge in [0.25, 0.3) is 0 Å². The molecular formula is C10H16N2. The number of aromatic nitrogens is 1. The van der Waals surface area contributed by atoms with Crippen molar-refractivity contribution in [2.75, 3.05) is 0 Å². The van der Waals surface area contributed by atoms with Crippen molar-refractivity contribution in [1.82, 2.24) is 4.98 Å². The number of nitrogens with two attached hydrogens (primary N) is 1. The molecule has 1 aromatic rings. The molecule has 0 amide bonds. The van der Waals surface area contributed by atoms with Crippen LogP contribution in [-0.2, 0) is 0 Å². The van der Waals surface area contributed by atoms with Gasteiger partial charge in [-0.2, -0.15) is 0 Å². The number of hydrogen-bond acceptors (Lipinski definition) is 2. The van der Waals surface area contributed by atoms with Crippen molar-refractivity contribution in [3.05, 3.63) is 30.1 Å². The Labute approximate surface area is 73.8 Å². The Morgan fingerprint density at radius 1 is 1.42 bits per heavy atom. The molecule has 0 saturated heterocycles. The maximum absolute atomic E-state index is 6.03. The molecule has 0 radical (unpaired) electrons. The molecule has 1 atom stereocenters. The van der Waals surface area contributed by atoms with Crippen molar-refractivity contribution in [1.29, 1.82) is 0 Å². The Morgan fingerprint density at radius 2 is 2.08 bits per heavy atom. The largest absolute Gasteiger partial charge is 0.323 e. The summed E-state index contributed by atoms with van der Waals surface area (Å²) in [5.41, 5.74) is 7.23. The first-order valence-electron chi connectivity index (χ1n) is 4.17. The number of hydrogen-bond donors (Lipinski definition) is 1. The van der Waals surface area contributed by atoms with E-state index in [1.165, 1.54) is 0 Å². The fourth-order valence-corrected chi connectivity index (χ4v) is 1.06. The van der Waals surface area contributed by atoms with E-state index >= 15 is 0 Å². The summed E-state index contributed by atoms with van der Waals surface area (Å²) in [6, 6.07) is 4.00. The van der Waals surface area contributed by atoms with Gasteiger partial charge in [-0.25, -0.2) is 0 Å². The quantitative estimate of drug-likeness (QED) is 0.690. The summed E-state index contributed by atoms with van der Waals surface area (Å²) in [4.78, 5) is 4.04. The molecule has 1 rings (SSSR count). The molecule has 0 aromatic carbocycles. The van der Waals surface area contributed by atoms with Gasteiger partial charge in [0, 0.05) is 18.4 Å². The van der Waals surface area contributed by atoms with Crippen LogP contribution in [0.2, 0.25) is 0 Å². The number of pyridine rings is 1. The lowest BCUT2D eigenvalue weighted by Crippen LogP contribution is -2.26. The van der Waals surface area contributed by atoms with Crippen molar-refractivity contribution in [2.24, 2.45) is 11.1 Å². The topological polar surface area (TPSA) is 38.9 Å². The van der Waals surface area contributed by atoms with Gasteiger partial charge in [0.15, 0.2) is 0 Å². The third kappa shape index (κ3) is 2.05. The van der Waals surface area contributed by atoms with Crippen molar-refractivity contribution < 1.29 is 0 Å². The molecule has 0 bridgehead atoms. The molecule has 2 N–H and O–H groups in total. The van der Waals surface area contributed by atoms with Gasteiger partial charge in [0.1, 0.15) is 0 Å². The van der Waals surface area contributed by atoms with Crippen molar-refractivity contribution in [2.45, 2.75) is 26.8 Å². The van der Waals surface area contributed by atoms with Crippen LogP contribution in [0.1, 0.15) is 32.4 Å². The van der Waals surface area contributed by atoms with Gasteiger partial charge >= 0.3 is 0 Å². The Bertz CT molecular complexity index is 236. The molecule has 0 fully saturated rings. The van der Waals surface area contributed by atoms with E-state index in [-0.39, 0.29) is 11.5 Å². The van der Waals surface area contributed by atoms with Gasteiger partial charge in [-0.05, 0) is 17.0 Å². The van der Waals surface area contributed by atoms with E-state index in [4.69, 9.17) is 5.73 Å². The Balaban J connectivity index is 2.86. The highest BCUT2D eigenvalue weighted by Crippen LogP contribution is 2.29. The van der Waals surface area contributed by atoms with E-state index < -0.39 is 0 Å². The van der Waals surface area contributed by atoms with Crippen LogP contribution >= 0.6 is 0 Å². The minimum Gasteiger partial charge on any atom is -0.323 e. The highest BCUT2D eigenvalue weighted by atomic mass is 14.7. The van der Waals surface area contributed by atoms with Crippen LogP contribution in [0.25, 0.3) is 0 Å². The van der Waals surface area contributed by atoms with E-state index in [0.29, 0.717) is 0 Å². The van der Waals surface area contributed by atoms with Gasteiger partial charge in [0.05, 0.1) is 0 Å². The molecular weight excluding hydrogens is 148 g/mol. The average molecular weight is 164 g/mol. The van der Waals surface area contributed by atoms with Crippen molar-refractivity contribution >= 4 is 0 Å². The smallest absolute Gasteiger partial charge is 0.0359 e. The van der Waals surface area contributed by atoms with Crippen LogP contribution in [0.3, 0.4) is 0 Å². The van der Waals surface area contributed by atoms with Crippen LogP contribution < -0.4 is 5.73 Å². The van der Waals surface area contributed by atoms with Crippen LogP contribution in [0.15, 0.2) is 24.5 Å². The second-order valence-corrected chi connectivity index (χ2v) is 4.13. The first kappa shape index (κ1) is 9.20. The third-order valence-corrected chi connectivity index (χ3v) is 1.98. The van der Waals surface area contributed by atoms with Gasteiger partial charge in [-0.15, -0.1) is 0 Å². The van der Waals surface area contributed by atoms with Crippen molar-refractivity contribution in [3.8, 4) is 0 Å². The predicted molar refractivity (Wildman–Crippen MR) is 50.6 cm³/mol. The molecule has 1 unspecified atom stereocenters. The highest BCUT2D eigenvalue weighted by molar-refractivity contribution is 5.15. The molecule has 66 valence electrons. The summed E-state index contributed by atoms with van der Waals surface area (Å²) in [5.74, 6) is 0. The number of nitrogens with zero attached hydrogens (tertiary/aromatic N) is 1. The highest BCUT2D eigenvalue weighted by Gasteiger charge is 2.21. The van der Waals surface area contributed by atoms with Crippen LogP contribution in [0.5, 0.6) is 0 Å². The maximum Gasteiger partial charge on any atom is 0.0359 e. The molecule has 0 aliphatic carbocycles. The molecule has 1 aromatic heterocycles. The maximum atomic E-state index is 6.03. The normalized spacial score (nSPS) is 14.3. The first-order chi connectivity index (χ1) is 5.52. The Morgan fingerprint density at radius 3 is 2.50 bits per heavy atom. The summed E-state index contributed by atoms with van der Waals surface area (Å²) in [6.07, 6.45) is 3.59. The minimum absolute atomic E-state index is 0.0613. The predicted octanol–water partition coefficient (Wildman–Crippen LogP) is 2.13. The summed E-state index contributed by atoms with van der Waals surface area (Å²) in [5, 5.41) is 0. The second-order valence-electron chi connectivity index (χ2n) is 4.13. The minimum atomic E-state index is 0.0613. The van der Waals surface area contributed by atoms with Gasteiger partial charge in [0.2, 0.25) is 0 Å². The van der Waals surface area contributed by atoms with E-state index in [2.05, 4.69) is 25.8 Å². The lowest BCUT2D eigenvalue weighted by Gasteiger charge is -2.26. The molecule has 0 aliphatic rings. The average Bonchev–Trinajstić information content (AvgIpc) is 2.03. The lowest BCUT2D eigenvalue weighted by molar-refractivity contribution is 0.326. The second kappa shape index (κ2) is 3.23. The zero-order chi connectivity index (χ0) is 9.19. The Hall–Kier alpha value is -0.890. The summed E-state index contributed by atoms with van der Waals surface area (Å²) in [6.45, 7) is 6.39. The Kier molecular flexibility index (Phi) is 2.48. The van der Waals surface area contributed by atoms with Crippen LogP contribution in [0, 0.1) is 5.41 Å². The molecule has 1 heterocycles. The van der Waals surface area contributed by atoms with E-state index in [1.54, 1.807) is 6.20 Å². The zero-order valence-electron chi connectivity index (χ0n) is 7.91. The SMILES string of the molecule is CC(C)(C)C(N)c1cccnc1. The summed E-state index contributed by atoms with van der Waals surface area (Å²) >= 11 is 0. The van der Waals surface area contributed by atoms with Gasteiger partial charge in [-0.1, -0.05) is 26.8 Å². The van der Waals surface area contributed by atoms with Crippen LogP contribution in [0.4, 0.5) is 0 Å². The van der Waals surface area contributed by atoms with Gasteiger partial charge < -0.3 is 5.73 Å². The van der Waals surface area contributed by atoms with Crippen molar-refractivity contribution in [3.63, 3.8) is 0 Å². The summed E-state index contributed by atoms with van der Waals surface area (Å²) < 4.78 is 0.